The zero-order valence-electron chi connectivity index (χ0n) is 10.5. The summed E-state index contributed by atoms with van der Waals surface area (Å²) in [5.41, 5.74) is 7.05. The quantitative estimate of drug-likeness (QED) is 0.450. The van der Waals surface area contributed by atoms with Crippen molar-refractivity contribution in [1.29, 1.82) is 0 Å². The maximum atomic E-state index is 10.8. The molecule has 7 heteroatoms. The number of carboxylic acid groups (broad SMARTS) is 1. The molecule has 0 saturated heterocycles. The monoisotopic (exact) mass is 284 g/mol. The molecule has 19 heavy (non-hydrogen) atoms. The molecule has 0 spiro atoms. The Morgan fingerprint density at radius 3 is 2.84 bits per heavy atom. The van der Waals surface area contributed by atoms with E-state index in [4.69, 9.17) is 10.8 Å². The number of nitro benzene ring substituents is 1. The largest absolute Gasteiger partial charge is 0.480 e. The van der Waals surface area contributed by atoms with Gasteiger partial charge in [-0.25, -0.2) is 0 Å². The third-order valence-corrected chi connectivity index (χ3v) is 3.80. The van der Waals surface area contributed by atoms with Crippen LogP contribution in [-0.4, -0.2) is 27.8 Å². The van der Waals surface area contributed by atoms with Crippen molar-refractivity contribution in [1.82, 2.24) is 0 Å². The third kappa shape index (κ3) is 4.53. The summed E-state index contributed by atoms with van der Waals surface area (Å²) < 4.78 is 0. The first-order chi connectivity index (χ1) is 8.93. The molecule has 0 saturated carbocycles. The molecule has 1 rings (SSSR count). The lowest BCUT2D eigenvalue weighted by molar-refractivity contribution is -0.385. The fourth-order valence-electron chi connectivity index (χ4n) is 1.54. The summed E-state index contributed by atoms with van der Waals surface area (Å²) in [6, 6.07) is 4.12. The maximum absolute atomic E-state index is 10.8. The Morgan fingerprint density at radius 2 is 2.26 bits per heavy atom. The molecule has 0 fully saturated rings. The van der Waals surface area contributed by atoms with Crippen molar-refractivity contribution in [2.24, 2.45) is 5.73 Å². The molecular weight excluding hydrogens is 268 g/mol. The molecule has 0 heterocycles. The van der Waals surface area contributed by atoms with Gasteiger partial charge >= 0.3 is 5.97 Å². The van der Waals surface area contributed by atoms with Crippen LogP contribution in [0.2, 0.25) is 0 Å². The van der Waals surface area contributed by atoms with Crippen molar-refractivity contribution < 1.29 is 14.8 Å². The van der Waals surface area contributed by atoms with Crippen molar-refractivity contribution in [2.45, 2.75) is 25.1 Å². The van der Waals surface area contributed by atoms with Crippen LogP contribution in [0.25, 0.3) is 0 Å². The number of nitro groups is 1. The molecule has 0 radical (unpaired) electrons. The van der Waals surface area contributed by atoms with Gasteiger partial charge in [0.05, 0.1) is 4.92 Å². The molecule has 0 aliphatic carbocycles. The van der Waals surface area contributed by atoms with E-state index in [1.165, 1.54) is 17.8 Å². The molecular formula is C12H16N2O4S. The van der Waals surface area contributed by atoms with Gasteiger partial charge in [-0.05, 0) is 24.7 Å². The van der Waals surface area contributed by atoms with Crippen molar-refractivity contribution in [3.05, 3.63) is 39.4 Å². The van der Waals surface area contributed by atoms with Crippen LogP contribution in [0.1, 0.15) is 17.5 Å². The summed E-state index contributed by atoms with van der Waals surface area (Å²) >= 11 is 1.52. The summed E-state index contributed by atoms with van der Waals surface area (Å²) in [4.78, 5) is 20.9. The molecule has 6 nitrogen and oxygen atoms in total. The average Bonchev–Trinajstić information content (AvgIpc) is 2.35. The lowest BCUT2D eigenvalue weighted by atomic mass is 10.1. The number of hydrogen-bond donors (Lipinski definition) is 2. The van der Waals surface area contributed by atoms with Gasteiger partial charge in [-0.1, -0.05) is 12.1 Å². The Labute approximate surface area is 115 Å². The van der Waals surface area contributed by atoms with E-state index >= 15 is 0 Å². The Kier molecular flexibility index (Phi) is 5.78. The minimum absolute atomic E-state index is 0.111. The fraction of sp³-hybridized carbons (Fsp3) is 0.417. The molecule has 0 aliphatic heterocycles. The number of carbonyl (C=O) groups is 1. The Morgan fingerprint density at radius 1 is 1.58 bits per heavy atom. The zero-order valence-corrected chi connectivity index (χ0v) is 11.4. The van der Waals surface area contributed by atoms with Crippen LogP contribution in [0.4, 0.5) is 5.69 Å². The molecule has 0 aromatic heterocycles. The second-order valence-corrected chi connectivity index (χ2v) is 5.21. The fourth-order valence-corrected chi connectivity index (χ4v) is 2.64. The summed E-state index contributed by atoms with van der Waals surface area (Å²) in [5.74, 6) is 0.210. The summed E-state index contributed by atoms with van der Waals surface area (Å²) in [6.45, 7) is 1.72. The number of benzene rings is 1. The number of rotatable bonds is 7. The molecule has 1 aromatic rings. The van der Waals surface area contributed by atoms with Gasteiger partial charge in [-0.3, -0.25) is 14.9 Å². The second-order valence-electron chi connectivity index (χ2n) is 4.10. The van der Waals surface area contributed by atoms with E-state index in [0.29, 0.717) is 23.5 Å². The number of carboxylic acids is 1. The van der Waals surface area contributed by atoms with E-state index in [1.54, 1.807) is 13.0 Å². The van der Waals surface area contributed by atoms with Crippen LogP contribution in [0, 0.1) is 17.0 Å². The Hall–Kier alpha value is -1.60. The Balaban J connectivity index is 2.52. The van der Waals surface area contributed by atoms with Gasteiger partial charge in [0.2, 0.25) is 0 Å². The van der Waals surface area contributed by atoms with Crippen molar-refractivity contribution in [3.63, 3.8) is 0 Å². The smallest absolute Gasteiger partial charge is 0.320 e. The van der Waals surface area contributed by atoms with Gasteiger partial charge in [-0.2, -0.15) is 11.8 Å². The lowest BCUT2D eigenvalue weighted by Gasteiger charge is -2.08. The maximum Gasteiger partial charge on any atom is 0.320 e. The highest BCUT2D eigenvalue weighted by Crippen LogP contribution is 2.24. The molecule has 1 unspecified atom stereocenters. The average molecular weight is 284 g/mol. The van der Waals surface area contributed by atoms with Crippen molar-refractivity contribution >= 4 is 23.4 Å². The SMILES string of the molecule is Cc1c(CSCCC(N)C(=O)O)cccc1[N+](=O)[O-]. The highest BCUT2D eigenvalue weighted by Gasteiger charge is 2.14. The highest BCUT2D eigenvalue weighted by molar-refractivity contribution is 7.98. The lowest BCUT2D eigenvalue weighted by Crippen LogP contribution is -2.30. The predicted molar refractivity (Wildman–Crippen MR) is 74.2 cm³/mol. The van der Waals surface area contributed by atoms with Gasteiger partial charge in [0, 0.05) is 17.4 Å². The van der Waals surface area contributed by atoms with Crippen LogP contribution in [-0.2, 0) is 10.5 Å². The van der Waals surface area contributed by atoms with Crippen LogP contribution in [0.5, 0.6) is 0 Å². The standard InChI is InChI=1S/C12H16N2O4S/c1-8-9(3-2-4-11(8)14(17)18)7-19-6-5-10(13)12(15)16/h2-4,10H,5-7,13H2,1H3,(H,15,16). The molecule has 1 atom stereocenters. The summed E-state index contributed by atoms with van der Waals surface area (Å²) in [5, 5.41) is 19.4. The minimum Gasteiger partial charge on any atom is -0.480 e. The van der Waals surface area contributed by atoms with Crippen molar-refractivity contribution in [2.75, 3.05) is 5.75 Å². The van der Waals surface area contributed by atoms with Gasteiger partial charge in [-0.15, -0.1) is 0 Å². The van der Waals surface area contributed by atoms with Gasteiger partial charge < -0.3 is 10.8 Å². The van der Waals surface area contributed by atoms with E-state index in [9.17, 15) is 14.9 Å². The summed E-state index contributed by atoms with van der Waals surface area (Å²) in [6.07, 6.45) is 0.383. The van der Waals surface area contributed by atoms with Gasteiger partial charge in [0.25, 0.3) is 5.69 Å². The van der Waals surface area contributed by atoms with E-state index in [0.717, 1.165) is 5.56 Å². The number of nitrogens with two attached hydrogens (primary N) is 1. The first kappa shape index (κ1) is 15.5. The molecule has 104 valence electrons. The van der Waals surface area contributed by atoms with Gasteiger partial charge in [0.1, 0.15) is 6.04 Å². The molecule has 1 aromatic carbocycles. The van der Waals surface area contributed by atoms with E-state index < -0.39 is 16.9 Å². The predicted octanol–water partition coefficient (Wildman–Crippen LogP) is 1.94. The van der Waals surface area contributed by atoms with E-state index in [2.05, 4.69) is 0 Å². The number of aliphatic carboxylic acids is 1. The first-order valence-corrected chi connectivity index (χ1v) is 6.88. The van der Waals surface area contributed by atoms with Gasteiger partial charge in [0.15, 0.2) is 0 Å². The van der Waals surface area contributed by atoms with Crippen LogP contribution < -0.4 is 5.73 Å². The minimum atomic E-state index is -1.01. The topological polar surface area (TPSA) is 106 Å². The van der Waals surface area contributed by atoms with Crippen LogP contribution in [0.15, 0.2) is 18.2 Å². The van der Waals surface area contributed by atoms with Crippen molar-refractivity contribution in [3.8, 4) is 0 Å². The molecule has 3 N–H and O–H groups in total. The van der Waals surface area contributed by atoms with Crippen LogP contribution >= 0.6 is 11.8 Å². The highest BCUT2D eigenvalue weighted by atomic mass is 32.2. The van der Waals surface area contributed by atoms with E-state index in [-0.39, 0.29) is 5.69 Å². The number of thioether (sulfide) groups is 1. The zero-order chi connectivity index (χ0) is 14.4. The summed E-state index contributed by atoms with van der Waals surface area (Å²) in [7, 11) is 0. The first-order valence-electron chi connectivity index (χ1n) is 5.72. The second kappa shape index (κ2) is 7.10. The van der Waals surface area contributed by atoms with Crippen LogP contribution in [0.3, 0.4) is 0 Å². The third-order valence-electron chi connectivity index (χ3n) is 2.76. The molecule has 0 aliphatic rings. The molecule has 0 amide bonds. The number of hydrogen-bond acceptors (Lipinski definition) is 5. The Bertz CT molecular complexity index is 479. The van der Waals surface area contributed by atoms with E-state index in [1.807, 2.05) is 6.07 Å². The molecule has 0 bridgehead atoms. The normalized spacial score (nSPS) is 12.1. The number of nitrogens with zero attached hydrogens (tertiary/aromatic N) is 1.